The first-order valence-corrected chi connectivity index (χ1v) is 8.20. The third kappa shape index (κ3) is 3.67. The summed E-state index contributed by atoms with van der Waals surface area (Å²) in [5.74, 6) is 0. The van der Waals surface area contributed by atoms with Crippen LogP contribution in [0.25, 0.3) is 0 Å². The minimum absolute atomic E-state index is 0.145. The average molecular weight is 327 g/mol. The fraction of sp³-hybridized carbons (Fsp3) is 0.0909. The van der Waals surface area contributed by atoms with Gasteiger partial charge in [-0.15, -0.1) is 0 Å². The average Bonchev–Trinajstić information content (AvgIpc) is 2.37. The Morgan fingerprint density at radius 2 is 2.05 bits per heavy atom. The molecule has 0 spiro atoms. The molecule has 1 aromatic heterocycles. The van der Waals surface area contributed by atoms with E-state index in [2.05, 4.69) is 9.97 Å². The Balaban J connectivity index is 2.49. The minimum Gasteiger partial charge on any atom is -0.301 e. The first-order chi connectivity index (χ1) is 9.77. The molecule has 0 bridgehead atoms. The molecule has 1 heterocycles. The molecular weight excluding hydrogens is 318 g/mol. The monoisotopic (exact) mass is 327 g/mol. The lowest BCUT2D eigenvalue weighted by atomic mass is 10.3. The summed E-state index contributed by atoms with van der Waals surface area (Å²) in [6.07, 6.45) is 2.24. The summed E-state index contributed by atoms with van der Waals surface area (Å²) in [5, 5.41) is 11.2. The largest absolute Gasteiger partial charge is 0.301 e. The maximum atomic E-state index is 11.4. The van der Waals surface area contributed by atoms with Gasteiger partial charge in [0, 0.05) is 24.6 Å². The van der Waals surface area contributed by atoms with Crippen molar-refractivity contribution >= 4 is 27.3 Å². The Labute approximate surface area is 123 Å². The molecule has 1 aromatic carbocycles. The molecule has 10 heteroatoms. The van der Waals surface area contributed by atoms with Gasteiger partial charge in [0.2, 0.25) is 0 Å². The second-order valence-electron chi connectivity index (χ2n) is 4.00. The fourth-order valence-corrected chi connectivity index (χ4v) is 2.95. The summed E-state index contributed by atoms with van der Waals surface area (Å²) in [7, 11) is -3.54. The highest BCUT2D eigenvalue weighted by Gasteiger charge is 2.20. The number of benzene rings is 1. The molecule has 0 aliphatic rings. The molecule has 21 heavy (non-hydrogen) atoms. The van der Waals surface area contributed by atoms with Gasteiger partial charge in [-0.1, -0.05) is 0 Å². The van der Waals surface area contributed by atoms with Crippen LogP contribution >= 0.6 is 11.8 Å². The molecule has 0 atom stereocenters. The third-order valence-electron chi connectivity index (χ3n) is 2.41. The van der Waals surface area contributed by atoms with E-state index in [9.17, 15) is 23.3 Å². The number of H-pyrrole nitrogens is 1. The van der Waals surface area contributed by atoms with Crippen molar-refractivity contribution in [1.82, 2.24) is 9.97 Å². The molecule has 0 saturated heterocycles. The smallest absolute Gasteiger partial charge is 0.284 e. The van der Waals surface area contributed by atoms with Crippen molar-refractivity contribution in [2.24, 2.45) is 0 Å². The molecule has 110 valence electrons. The molecular formula is C11H9N3O5S2. The SMILES string of the molecule is CS(=O)(=O)c1ccc(Sc2nccc(=O)[nH]2)c([N+](=O)[O-])c1. The fourth-order valence-electron chi connectivity index (χ4n) is 1.46. The van der Waals surface area contributed by atoms with Crippen LogP contribution in [0.3, 0.4) is 0 Å². The maximum absolute atomic E-state index is 11.4. The third-order valence-corrected chi connectivity index (χ3v) is 4.49. The van der Waals surface area contributed by atoms with E-state index in [0.29, 0.717) is 0 Å². The summed E-state index contributed by atoms with van der Waals surface area (Å²) in [4.78, 5) is 27.9. The van der Waals surface area contributed by atoms with Gasteiger partial charge in [0.15, 0.2) is 15.0 Å². The number of nitrogens with zero attached hydrogens (tertiary/aromatic N) is 2. The van der Waals surface area contributed by atoms with Crippen molar-refractivity contribution in [3.63, 3.8) is 0 Å². The van der Waals surface area contributed by atoms with Crippen LogP contribution in [0.5, 0.6) is 0 Å². The normalized spacial score (nSPS) is 11.3. The second kappa shape index (κ2) is 5.66. The van der Waals surface area contributed by atoms with Gasteiger partial charge < -0.3 is 4.98 Å². The van der Waals surface area contributed by atoms with Crippen molar-refractivity contribution < 1.29 is 13.3 Å². The number of aromatic nitrogens is 2. The van der Waals surface area contributed by atoms with Crippen LogP contribution in [-0.4, -0.2) is 29.6 Å². The second-order valence-corrected chi connectivity index (χ2v) is 7.05. The van der Waals surface area contributed by atoms with Crippen molar-refractivity contribution in [2.45, 2.75) is 14.9 Å². The summed E-state index contributed by atoms with van der Waals surface area (Å²) < 4.78 is 22.9. The Morgan fingerprint density at radius 1 is 1.33 bits per heavy atom. The first-order valence-electron chi connectivity index (χ1n) is 5.49. The number of aromatic amines is 1. The predicted molar refractivity (Wildman–Crippen MR) is 75.2 cm³/mol. The van der Waals surface area contributed by atoms with Crippen molar-refractivity contribution in [3.8, 4) is 0 Å². The highest BCUT2D eigenvalue weighted by atomic mass is 32.2. The number of rotatable bonds is 4. The number of hydrogen-bond acceptors (Lipinski definition) is 7. The maximum Gasteiger partial charge on any atom is 0.284 e. The number of hydrogen-bond donors (Lipinski definition) is 1. The molecule has 0 aliphatic heterocycles. The molecule has 8 nitrogen and oxygen atoms in total. The molecule has 0 amide bonds. The number of nitro benzene ring substituents is 1. The van der Waals surface area contributed by atoms with E-state index in [1.54, 1.807) is 0 Å². The van der Waals surface area contributed by atoms with Gasteiger partial charge in [-0.25, -0.2) is 13.4 Å². The highest BCUT2D eigenvalue weighted by Crippen LogP contribution is 2.34. The number of sulfone groups is 1. The number of nitrogens with one attached hydrogen (secondary N) is 1. The molecule has 0 aliphatic carbocycles. The van der Waals surface area contributed by atoms with Crippen molar-refractivity contribution in [1.29, 1.82) is 0 Å². The van der Waals surface area contributed by atoms with E-state index in [4.69, 9.17) is 0 Å². The zero-order chi connectivity index (χ0) is 15.6. The lowest BCUT2D eigenvalue weighted by Crippen LogP contribution is -2.05. The Hall–Kier alpha value is -2.20. The van der Waals surface area contributed by atoms with E-state index in [1.807, 2.05) is 0 Å². The number of nitro groups is 1. The summed E-state index contributed by atoms with van der Waals surface area (Å²) in [6, 6.07) is 4.78. The van der Waals surface area contributed by atoms with E-state index in [1.165, 1.54) is 24.4 Å². The molecule has 2 rings (SSSR count). The Bertz CT molecular complexity index is 860. The van der Waals surface area contributed by atoms with Crippen LogP contribution in [0.1, 0.15) is 0 Å². The lowest BCUT2D eigenvalue weighted by Gasteiger charge is -2.04. The summed E-state index contributed by atoms with van der Waals surface area (Å²) >= 11 is 0.873. The van der Waals surface area contributed by atoms with Gasteiger partial charge in [-0.05, 0) is 23.9 Å². The van der Waals surface area contributed by atoms with Crippen LogP contribution in [0.4, 0.5) is 5.69 Å². The van der Waals surface area contributed by atoms with Gasteiger partial charge in [0.05, 0.1) is 14.7 Å². The standard InChI is InChI=1S/C11H9N3O5S2/c1-21(18,19)7-2-3-9(8(6-7)14(16)17)20-11-12-5-4-10(15)13-11/h2-6H,1H3,(H,12,13,15). The molecule has 0 saturated carbocycles. The van der Waals surface area contributed by atoms with Gasteiger partial charge in [0.1, 0.15) is 0 Å². The first kappa shape index (κ1) is 15.2. The van der Waals surface area contributed by atoms with Crippen molar-refractivity contribution in [3.05, 3.63) is 50.9 Å². The van der Waals surface area contributed by atoms with Crippen LogP contribution < -0.4 is 5.56 Å². The topological polar surface area (TPSA) is 123 Å². The highest BCUT2D eigenvalue weighted by molar-refractivity contribution is 7.99. The molecule has 1 N–H and O–H groups in total. The Kier molecular flexibility index (Phi) is 4.09. The van der Waals surface area contributed by atoms with Gasteiger partial charge in [0.25, 0.3) is 11.2 Å². The molecule has 2 aromatic rings. The quantitative estimate of drug-likeness (QED) is 0.509. The minimum atomic E-state index is -3.54. The molecule has 0 radical (unpaired) electrons. The molecule has 0 unspecified atom stereocenters. The van der Waals surface area contributed by atoms with E-state index in [0.717, 1.165) is 24.1 Å². The van der Waals surface area contributed by atoms with Gasteiger partial charge in [-0.2, -0.15) is 0 Å². The summed E-state index contributed by atoms with van der Waals surface area (Å²) in [6.45, 7) is 0. The summed E-state index contributed by atoms with van der Waals surface area (Å²) in [5.41, 5.74) is -0.752. The zero-order valence-corrected chi connectivity index (χ0v) is 12.3. The van der Waals surface area contributed by atoms with Crippen LogP contribution in [-0.2, 0) is 9.84 Å². The Morgan fingerprint density at radius 3 is 2.62 bits per heavy atom. The van der Waals surface area contributed by atoms with Gasteiger partial charge >= 0.3 is 0 Å². The zero-order valence-electron chi connectivity index (χ0n) is 10.6. The van der Waals surface area contributed by atoms with E-state index >= 15 is 0 Å². The van der Waals surface area contributed by atoms with Crippen LogP contribution in [0, 0.1) is 10.1 Å². The van der Waals surface area contributed by atoms with E-state index < -0.39 is 14.8 Å². The molecule has 0 fully saturated rings. The van der Waals surface area contributed by atoms with E-state index in [-0.39, 0.29) is 26.2 Å². The van der Waals surface area contributed by atoms with Crippen LogP contribution in [0.15, 0.2) is 50.2 Å². The lowest BCUT2D eigenvalue weighted by molar-refractivity contribution is -0.388. The predicted octanol–water partition coefficient (Wildman–Crippen LogP) is 1.23. The van der Waals surface area contributed by atoms with Gasteiger partial charge in [-0.3, -0.25) is 14.9 Å². The van der Waals surface area contributed by atoms with Crippen molar-refractivity contribution in [2.75, 3.05) is 6.26 Å². The van der Waals surface area contributed by atoms with Crippen LogP contribution in [0.2, 0.25) is 0 Å².